The molecule has 8 aromatic rings. The number of allylic oxidation sites excluding steroid dienone is 4. The molecule has 0 unspecified atom stereocenters. The van der Waals surface area contributed by atoms with Crippen LogP contribution in [0.1, 0.15) is 77.8 Å². The van der Waals surface area contributed by atoms with Crippen LogP contribution in [0.5, 0.6) is 40.2 Å². The van der Waals surface area contributed by atoms with E-state index in [2.05, 4.69) is 103 Å². The number of ether oxygens (including phenoxy) is 4. The summed E-state index contributed by atoms with van der Waals surface area (Å²) in [5.41, 5.74) is 9.01. The Morgan fingerprint density at radius 3 is 0.910 bits per heavy atom. The Labute approximate surface area is 461 Å². The van der Waals surface area contributed by atoms with E-state index in [1.807, 2.05) is 54.6 Å². The number of aryl methyl sites for hydroxylation is 1. The van der Waals surface area contributed by atoms with Gasteiger partial charge in [-0.25, -0.2) is 16.8 Å². The van der Waals surface area contributed by atoms with Gasteiger partial charge in [0, 0.05) is 10.8 Å². The Morgan fingerprint density at radius 1 is 0.372 bits per heavy atom. The molecule has 0 aliphatic heterocycles. The molecular weight excluding hydrogens is 1010 g/mol. The van der Waals surface area contributed by atoms with E-state index in [1.54, 1.807) is 84.9 Å². The maximum absolute atomic E-state index is 13.9. The lowest BCUT2D eigenvalue weighted by molar-refractivity contribution is 0.414. The second-order valence-electron chi connectivity index (χ2n) is 20.2. The van der Waals surface area contributed by atoms with Crippen LogP contribution in [-0.4, -0.2) is 23.9 Å². The summed E-state index contributed by atoms with van der Waals surface area (Å²) >= 11 is 0. The molecule has 0 fully saturated rings. The molecule has 0 spiro atoms. The monoisotopic (exact) mass is 1070 g/mol. The van der Waals surface area contributed by atoms with Gasteiger partial charge >= 0.3 is 0 Å². The highest BCUT2D eigenvalue weighted by molar-refractivity contribution is 7.91. The summed E-state index contributed by atoms with van der Waals surface area (Å²) in [6.07, 6.45) is 9.91. The molecule has 8 aromatic carbocycles. The highest BCUT2D eigenvalue weighted by Gasteiger charge is 2.28. The smallest absolute Gasteiger partial charge is 0.206 e. The number of methoxy groups -OCH3 is 1. The molecule has 0 aliphatic rings. The van der Waals surface area contributed by atoms with E-state index in [4.69, 9.17) is 18.9 Å². The summed E-state index contributed by atoms with van der Waals surface area (Å²) in [6.45, 7) is 26.8. The van der Waals surface area contributed by atoms with Crippen molar-refractivity contribution in [1.82, 2.24) is 0 Å². The average Bonchev–Trinajstić information content (AvgIpc) is 3.45. The molecule has 0 aromatic heterocycles. The van der Waals surface area contributed by atoms with Gasteiger partial charge in [-0.2, -0.15) is 0 Å². The van der Waals surface area contributed by atoms with Crippen molar-refractivity contribution < 1.29 is 35.8 Å². The normalized spacial score (nSPS) is 11.8. The first kappa shape index (κ1) is 56.0. The first-order chi connectivity index (χ1) is 37.3. The molecule has 0 N–H and O–H groups in total. The minimum absolute atomic E-state index is 0.130. The predicted octanol–water partition coefficient (Wildman–Crippen LogP) is 16.6. The summed E-state index contributed by atoms with van der Waals surface area (Å²) in [5.74, 6) is 3.98. The van der Waals surface area contributed by atoms with Crippen LogP contribution < -0.4 is 18.9 Å². The quantitative estimate of drug-likeness (QED) is 0.0583. The van der Waals surface area contributed by atoms with Crippen molar-refractivity contribution in [2.75, 3.05) is 7.11 Å². The van der Waals surface area contributed by atoms with Crippen molar-refractivity contribution in [1.29, 1.82) is 0 Å². The number of benzene rings is 8. The first-order valence-corrected chi connectivity index (χ1v) is 28.7. The Morgan fingerprint density at radius 2 is 0.628 bits per heavy atom. The fourth-order valence-corrected chi connectivity index (χ4v) is 11.9. The number of hydrogen-bond acceptors (Lipinski definition) is 8. The van der Waals surface area contributed by atoms with Gasteiger partial charge in [-0.05, 0) is 198 Å². The molecule has 8 rings (SSSR count). The molecular formula is C68H66O8S2. The molecule has 0 radical (unpaired) electrons. The van der Waals surface area contributed by atoms with Gasteiger partial charge in [0.05, 0.1) is 26.7 Å². The van der Waals surface area contributed by atoms with Crippen LogP contribution in [0.15, 0.2) is 240 Å². The molecule has 8 nitrogen and oxygen atoms in total. The van der Waals surface area contributed by atoms with Crippen molar-refractivity contribution in [3.8, 4) is 40.2 Å². The van der Waals surface area contributed by atoms with Gasteiger partial charge in [-0.1, -0.05) is 107 Å². The zero-order valence-electron chi connectivity index (χ0n) is 45.2. The molecule has 0 atom stereocenters. The zero-order valence-corrected chi connectivity index (χ0v) is 46.8. The second kappa shape index (κ2) is 23.6. The molecule has 0 aliphatic carbocycles. The maximum Gasteiger partial charge on any atom is 0.206 e. The number of hydrogen-bond donors (Lipinski definition) is 0. The number of sulfone groups is 2. The lowest BCUT2D eigenvalue weighted by Gasteiger charge is -2.28. The van der Waals surface area contributed by atoms with Crippen LogP contribution in [-0.2, 0) is 56.2 Å². The van der Waals surface area contributed by atoms with Crippen molar-refractivity contribution in [2.45, 2.75) is 90.7 Å². The van der Waals surface area contributed by atoms with Crippen LogP contribution in [0.2, 0.25) is 0 Å². The SMILES string of the molecule is C=CCc1cc(C(C)(C)c2ccc(Oc3ccc(S(=O)(=O)c4ccc(Oc5ccc(C(C)(C)c6ccc(Oc7ccc(S(=O)(=O)c8ccc(OC)cc8)cc7)c(CC=C)c6)cc5CC=C)cc4)cc3)c(CC=C)c2)ccc1C. The minimum Gasteiger partial charge on any atom is -0.497 e. The average molecular weight is 1080 g/mol. The third-order valence-electron chi connectivity index (χ3n) is 14.3. The molecule has 0 saturated heterocycles. The van der Waals surface area contributed by atoms with Gasteiger partial charge in [-0.3, -0.25) is 0 Å². The molecule has 0 amide bonds. The van der Waals surface area contributed by atoms with Crippen molar-refractivity contribution in [2.24, 2.45) is 0 Å². The highest BCUT2D eigenvalue weighted by Crippen LogP contribution is 2.41. The third-order valence-corrected chi connectivity index (χ3v) is 17.9. The van der Waals surface area contributed by atoms with E-state index in [-0.39, 0.29) is 25.0 Å². The standard InChI is InChI=1S/C68H66O8S2/c1-11-15-48-43-52(20-19-47(48)5)67(6,7)53-21-40-64(49(44-53)16-12-2)74-58-28-36-62(37-29-58)78(71,72)63-38-30-59(31-39-63)76-66-42-23-55(46-51(66)18-14-4)68(8,9)54-22-41-65(50(45-54)17-13-3)75-57-26-34-61(35-27-57)77(69,70)60-32-24-56(73-10)25-33-60/h11-14,19-46H,1-4,15-18H2,5-10H3. The van der Waals surface area contributed by atoms with E-state index < -0.39 is 25.1 Å². The lowest BCUT2D eigenvalue weighted by atomic mass is 9.76. The highest BCUT2D eigenvalue weighted by atomic mass is 32.2. The van der Waals surface area contributed by atoms with Crippen LogP contribution in [0.4, 0.5) is 0 Å². The van der Waals surface area contributed by atoms with Crippen LogP contribution >= 0.6 is 0 Å². The van der Waals surface area contributed by atoms with E-state index in [9.17, 15) is 16.8 Å². The molecule has 398 valence electrons. The predicted molar refractivity (Wildman–Crippen MR) is 314 cm³/mol. The Balaban J connectivity index is 0.940. The minimum atomic E-state index is -3.88. The summed E-state index contributed by atoms with van der Waals surface area (Å²) in [7, 11) is -6.09. The van der Waals surface area contributed by atoms with Gasteiger partial charge in [0.2, 0.25) is 19.7 Å². The summed E-state index contributed by atoms with van der Waals surface area (Å²) in [6, 6.07) is 50.6. The molecule has 0 heterocycles. The summed E-state index contributed by atoms with van der Waals surface area (Å²) in [5, 5.41) is 0. The Bertz CT molecular complexity index is 3720. The van der Waals surface area contributed by atoms with Crippen molar-refractivity contribution in [3.63, 3.8) is 0 Å². The third kappa shape index (κ3) is 12.2. The molecule has 0 bridgehead atoms. The van der Waals surface area contributed by atoms with E-state index in [0.717, 1.165) is 39.8 Å². The van der Waals surface area contributed by atoms with Crippen LogP contribution in [0.25, 0.3) is 0 Å². The fourth-order valence-electron chi connectivity index (χ4n) is 9.39. The fraction of sp³-hybridized carbons (Fsp3) is 0.176. The van der Waals surface area contributed by atoms with Crippen LogP contribution in [0.3, 0.4) is 0 Å². The van der Waals surface area contributed by atoms with Crippen molar-refractivity contribution in [3.05, 3.63) is 271 Å². The zero-order chi connectivity index (χ0) is 55.8. The Kier molecular flexibility index (Phi) is 17.0. The van der Waals surface area contributed by atoms with Gasteiger partial charge in [-0.15, -0.1) is 26.3 Å². The molecule has 10 heteroatoms. The largest absolute Gasteiger partial charge is 0.497 e. The van der Waals surface area contributed by atoms with E-state index >= 15 is 0 Å². The summed E-state index contributed by atoms with van der Waals surface area (Å²) < 4.78 is 78.8. The van der Waals surface area contributed by atoms with Gasteiger partial charge in [0.1, 0.15) is 40.2 Å². The van der Waals surface area contributed by atoms with Gasteiger partial charge < -0.3 is 18.9 Å². The van der Waals surface area contributed by atoms with Crippen molar-refractivity contribution >= 4 is 19.7 Å². The first-order valence-electron chi connectivity index (χ1n) is 25.7. The summed E-state index contributed by atoms with van der Waals surface area (Å²) in [4.78, 5) is 0.588. The van der Waals surface area contributed by atoms with Gasteiger partial charge in [0.25, 0.3) is 0 Å². The molecule has 78 heavy (non-hydrogen) atoms. The number of rotatable bonds is 23. The van der Waals surface area contributed by atoms with Crippen LogP contribution in [0, 0.1) is 6.92 Å². The van der Waals surface area contributed by atoms with Gasteiger partial charge in [0.15, 0.2) is 0 Å². The lowest BCUT2D eigenvalue weighted by Crippen LogP contribution is -2.19. The van der Waals surface area contributed by atoms with E-state index in [1.165, 1.54) is 35.9 Å². The maximum atomic E-state index is 13.9. The second-order valence-corrected chi connectivity index (χ2v) is 24.1. The topological polar surface area (TPSA) is 105 Å². The molecule has 0 saturated carbocycles. The Hall–Kier alpha value is -8.18. The van der Waals surface area contributed by atoms with E-state index in [0.29, 0.717) is 59.5 Å².